The van der Waals surface area contributed by atoms with Crippen molar-refractivity contribution in [3.05, 3.63) is 52.8 Å². The van der Waals surface area contributed by atoms with Crippen molar-refractivity contribution in [2.45, 2.75) is 33.0 Å². The molecule has 2 aromatic rings. The van der Waals surface area contributed by atoms with Gasteiger partial charge in [0.15, 0.2) is 0 Å². The molecule has 128 valence electrons. The molecule has 1 aliphatic rings. The molecule has 1 saturated heterocycles. The highest BCUT2D eigenvalue weighted by molar-refractivity contribution is 5.92. The van der Waals surface area contributed by atoms with Gasteiger partial charge in [0.05, 0.1) is 24.9 Å². The lowest BCUT2D eigenvalue weighted by Gasteiger charge is -2.33. The van der Waals surface area contributed by atoms with Crippen molar-refractivity contribution in [1.82, 2.24) is 14.7 Å². The molecule has 2 heterocycles. The number of nitrogens with two attached hydrogens (primary N) is 1. The number of nitrogens with zero attached hydrogens (tertiary/aromatic N) is 3. The molecule has 6 nitrogen and oxygen atoms in total. The van der Waals surface area contributed by atoms with Crippen molar-refractivity contribution in [3.63, 3.8) is 0 Å². The summed E-state index contributed by atoms with van der Waals surface area (Å²) in [7, 11) is 0. The highest BCUT2D eigenvalue weighted by atomic mass is 16.5. The number of morpholine rings is 1. The number of benzene rings is 1. The summed E-state index contributed by atoms with van der Waals surface area (Å²) in [5, 5.41) is 4.51. The predicted molar refractivity (Wildman–Crippen MR) is 91.7 cm³/mol. The second kappa shape index (κ2) is 7.15. The summed E-state index contributed by atoms with van der Waals surface area (Å²) < 4.78 is 7.92. The van der Waals surface area contributed by atoms with Crippen LogP contribution in [-0.2, 0) is 17.8 Å². The standard InChI is InChI=1S/C18H24N4O2/c1-13-9-14(2)22(20-13)12-17-11-21(7-8-24-17)10-15-3-5-16(6-4-15)18(19)23/h3-6,9,17H,7-8,10-12H2,1-2H3,(H2,19,23)/t17-/m0/s1. The third-order valence-corrected chi connectivity index (χ3v) is 4.35. The van der Waals surface area contributed by atoms with Gasteiger partial charge in [-0.2, -0.15) is 5.10 Å². The highest BCUT2D eigenvalue weighted by Gasteiger charge is 2.21. The molecule has 0 radical (unpaired) electrons. The van der Waals surface area contributed by atoms with Crippen LogP contribution in [0.2, 0.25) is 0 Å². The van der Waals surface area contributed by atoms with Gasteiger partial charge in [0.1, 0.15) is 0 Å². The van der Waals surface area contributed by atoms with Gasteiger partial charge in [-0.15, -0.1) is 0 Å². The van der Waals surface area contributed by atoms with Gasteiger partial charge in [-0.25, -0.2) is 0 Å². The lowest BCUT2D eigenvalue weighted by Crippen LogP contribution is -2.43. The molecule has 3 rings (SSSR count). The van der Waals surface area contributed by atoms with E-state index in [0.717, 1.165) is 44.2 Å². The van der Waals surface area contributed by atoms with E-state index in [0.29, 0.717) is 5.56 Å². The number of hydrogen-bond donors (Lipinski definition) is 1. The number of rotatable bonds is 5. The Bertz CT molecular complexity index is 708. The van der Waals surface area contributed by atoms with Gasteiger partial charge in [-0.05, 0) is 37.6 Å². The van der Waals surface area contributed by atoms with Crippen LogP contribution in [0.15, 0.2) is 30.3 Å². The summed E-state index contributed by atoms with van der Waals surface area (Å²) >= 11 is 0. The minimum absolute atomic E-state index is 0.140. The Morgan fingerprint density at radius 3 is 2.71 bits per heavy atom. The maximum atomic E-state index is 11.1. The quantitative estimate of drug-likeness (QED) is 0.903. The molecule has 2 N–H and O–H groups in total. The average molecular weight is 328 g/mol. The van der Waals surface area contributed by atoms with E-state index in [2.05, 4.69) is 23.0 Å². The average Bonchev–Trinajstić information content (AvgIpc) is 2.86. The van der Waals surface area contributed by atoms with E-state index in [4.69, 9.17) is 10.5 Å². The second-order valence-electron chi connectivity index (χ2n) is 6.40. The maximum absolute atomic E-state index is 11.1. The van der Waals surface area contributed by atoms with Crippen molar-refractivity contribution in [2.75, 3.05) is 19.7 Å². The van der Waals surface area contributed by atoms with Gasteiger partial charge >= 0.3 is 0 Å². The van der Waals surface area contributed by atoms with E-state index < -0.39 is 5.91 Å². The monoisotopic (exact) mass is 328 g/mol. The third kappa shape index (κ3) is 4.01. The zero-order valence-electron chi connectivity index (χ0n) is 14.2. The topological polar surface area (TPSA) is 73.4 Å². The van der Waals surface area contributed by atoms with Crippen molar-refractivity contribution in [3.8, 4) is 0 Å². The Balaban J connectivity index is 1.59. The third-order valence-electron chi connectivity index (χ3n) is 4.35. The zero-order chi connectivity index (χ0) is 17.1. The summed E-state index contributed by atoms with van der Waals surface area (Å²) in [6.07, 6.45) is 0.140. The van der Waals surface area contributed by atoms with Crippen LogP contribution < -0.4 is 5.73 Å². The zero-order valence-corrected chi connectivity index (χ0v) is 14.2. The van der Waals surface area contributed by atoms with Crippen molar-refractivity contribution < 1.29 is 9.53 Å². The molecular formula is C18H24N4O2. The minimum Gasteiger partial charge on any atom is -0.374 e. The second-order valence-corrected chi connectivity index (χ2v) is 6.40. The van der Waals surface area contributed by atoms with Crippen LogP contribution in [0, 0.1) is 13.8 Å². The summed E-state index contributed by atoms with van der Waals surface area (Å²) in [4.78, 5) is 13.5. The smallest absolute Gasteiger partial charge is 0.248 e. The molecule has 24 heavy (non-hydrogen) atoms. The molecule has 1 aromatic carbocycles. The van der Waals surface area contributed by atoms with Crippen LogP contribution in [0.1, 0.15) is 27.3 Å². The van der Waals surface area contributed by atoms with E-state index in [9.17, 15) is 4.79 Å². The van der Waals surface area contributed by atoms with Crippen LogP contribution in [0.25, 0.3) is 0 Å². The molecule has 0 bridgehead atoms. The molecular weight excluding hydrogens is 304 g/mol. The number of aryl methyl sites for hydroxylation is 2. The van der Waals surface area contributed by atoms with Gasteiger partial charge in [0, 0.05) is 30.9 Å². The number of amides is 1. The van der Waals surface area contributed by atoms with Gasteiger partial charge in [-0.1, -0.05) is 12.1 Å². The van der Waals surface area contributed by atoms with Crippen molar-refractivity contribution in [1.29, 1.82) is 0 Å². The van der Waals surface area contributed by atoms with E-state index in [1.54, 1.807) is 12.1 Å². The lowest BCUT2D eigenvalue weighted by molar-refractivity contribution is -0.0404. The van der Waals surface area contributed by atoms with Crippen LogP contribution >= 0.6 is 0 Å². The Kier molecular flexibility index (Phi) is 4.97. The summed E-state index contributed by atoms with van der Waals surface area (Å²) in [6, 6.07) is 9.58. The minimum atomic E-state index is -0.391. The van der Waals surface area contributed by atoms with Crippen molar-refractivity contribution >= 4 is 5.91 Å². The molecule has 0 aliphatic carbocycles. The molecule has 0 unspecified atom stereocenters. The maximum Gasteiger partial charge on any atom is 0.248 e. The van der Waals surface area contributed by atoms with E-state index in [1.807, 2.05) is 23.7 Å². The number of ether oxygens (including phenoxy) is 1. The first-order chi connectivity index (χ1) is 11.5. The largest absolute Gasteiger partial charge is 0.374 e. The van der Waals surface area contributed by atoms with Crippen LogP contribution in [-0.4, -0.2) is 46.4 Å². The Labute approximate surface area is 142 Å². The van der Waals surface area contributed by atoms with Crippen LogP contribution in [0.4, 0.5) is 0 Å². The summed E-state index contributed by atoms with van der Waals surface area (Å²) in [5.74, 6) is -0.391. The Hall–Kier alpha value is -2.18. The number of hydrogen-bond acceptors (Lipinski definition) is 4. The van der Waals surface area contributed by atoms with Crippen molar-refractivity contribution in [2.24, 2.45) is 5.73 Å². The number of aromatic nitrogens is 2. The highest BCUT2D eigenvalue weighted by Crippen LogP contribution is 2.14. The fraction of sp³-hybridized carbons (Fsp3) is 0.444. The molecule has 1 atom stereocenters. The summed E-state index contributed by atoms with van der Waals surface area (Å²) in [6.45, 7) is 8.20. The van der Waals surface area contributed by atoms with E-state index >= 15 is 0 Å². The molecule has 1 amide bonds. The Morgan fingerprint density at radius 2 is 2.08 bits per heavy atom. The molecule has 1 aliphatic heterocycles. The fourth-order valence-corrected chi connectivity index (χ4v) is 3.12. The van der Waals surface area contributed by atoms with E-state index in [-0.39, 0.29) is 6.10 Å². The van der Waals surface area contributed by atoms with Crippen LogP contribution in [0.3, 0.4) is 0 Å². The molecule has 1 aromatic heterocycles. The molecule has 1 fully saturated rings. The van der Waals surface area contributed by atoms with Gasteiger partial charge in [0.2, 0.25) is 5.91 Å². The Morgan fingerprint density at radius 1 is 1.33 bits per heavy atom. The van der Waals surface area contributed by atoms with Gasteiger partial charge in [0.25, 0.3) is 0 Å². The van der Waals surface area contributed by atoms with Gasteiger partial charge in [-0.3, -0.25) is 14.4 Å². The van der Waals surface area contributed by atoms with Gasteiger partial charge < -0.3 is 10.5 Å². The normalized spacial score (nSPS) is 18.7. The fourth-order valence-electron chi connectivity index (χ4n) is 3.12. The first-order valence-corrected chi connectivity index (χ1v) is 8.25. The predicted octanol–water partition coefficient (Wildman–Crippen LogP) is 1.50. The number of primary amides is 1. The lowest BCUT2D eigenvalue weighted by atomic mass is 10.1. The number of carbonyl (C=O) groups excluding carboxylic acids is 1. The first kappa shape index (κ1) is 16.7. The summed E-state index contributed by atoms with van der Waals surface area (Å²) in [5.41, 5.74) is 9.20. The molecule has 6 heteroatoms. The van der Waals surface area contributed by atoms with E-state index in [1.165, 1.54) is 5.56 Å². The molecule has 0 spiro atoms. The SMILES string of the molecule is Cc1cc(C)n(C[C@@H]2CN(Cc3ccc(C(N)=O)cc3)CCO2)n1. The van der Waals surface area contributed by atoms with Crippen LogP contribution in [0.5, 0.6) is 0 Å². The molecule has 0 saturated carbocycles. The number of carbonyl (C=O) groups is 1. The first-order valence-electron chi connectivity index (χ1n) is 8.25.